The zero-order valence-electron chi connectivity index (χ0n) is 13.5. The van der Waals surface area contributed by atoms with Crippen LogP contribution in [0.25, 0.3) is 0 Å². The highest BCUT2D eigenvalue weighted by Crippen LogP contribution is 2.43. The third-order valence-corrected chi connectivity index (χ3v) is 5.79. The van der Waals surface area contributed by atoms with Gasteiger partial charge in [0.15, 0.2) is 0 Å². The van der Waals surface area contributed by atoms with Crippen molar-refractivity contribution in [2.45, 2.75) is 73.6 Å². The molecule has 0 heterocycles. The van der Waals surface area contributed by atoms with Gasteiger partial charge in [-0.05, 0) is 49.4 Å². The van der Waals surface area contributed by atoms with Crippen molar-refractivity contribution in [3.8, 4) is 0 Å². The highest BCUT2D eigenvalue weighted by molar-refractivity contribution is 5.08. The van der Waals surface area contributed by atoms with Gasteiger partial charge in [0, 0.05) is 0 Å². The molecule has 0 heteroatoms. The molecular formula is C18H34. The molecule has 5 atom stereocenters. The van der Waals surface area contributed by atoms with Gasteiger partial charge < -0.3 is 0 Å². The summed E-state index contributed by atoms with van der Waals surface area (Å²) in [5.74, 6) is 4.39. The van der Waals surface area contributed by atoms with Gasteiger partial charge in [-0.15, -0.1) is 0 Å². The van der Waals surface area contributed by atoms with Gasteiger partial charge in [0.1, 0.15) is 0 Å². The average Bonchev–Trinajstić information content (AvgIpc) is 2.37. The molecule has 0 N–H and O–H groups in total. The molecule has 106 valence electrons. The van der Waals surface area contributed by atoms with Crippen LogP contribution in [0.3, 0.4) is 0 Å². The predicted octanol–water partition coefficient (Wildman–Crippen LogP) is 6.08. The van der Waals surface area contributed by atoms with Crippen molar-refractivity contribution in [3.05, 3.63) is 11.6 Å². The quantitative estimate of drug-likeness (QED) is 0.533. The van der Waals surface area contributed by atoms with E-state index < -0.39 is 0 Å². The molecule has 1 aliphatic carbocycles. The zero-order chi connectivity index (χ0) is 13.7. The maximum atomic E-state index is 2.51. The fraction of sp³-hybridized carbons (Fsp3) is 0.889. The maximum absolute atomic E-state index is 2.51. The molecule has 18 heavy (non-hydrogen) atoms. The van der Waals surface area contributed by atoms with Crippen LogP contribution in [0.4, 0.5) is 0 Å². The van der Waals surface area contributed by atoms with E-state index in [9.17, 15) is 0 Å². The van der Waals surface area contributed by atoms with Crippen LogP contribution in [0.5, 0.6) is 0 Å². The van der Waals surface area contributed by atoms with E-state index in [1.54, 1.807) is 5.57 Å². The summed E-state index contributed by atoms with van der Waals surface area (Å²) in [5.41, 5.74) is 1.71. The van der Waals surface area contributed by atoms with Crippen LogP contribution < -0.4 is 0 Å². The number of allylic oxidation sites excluding steroid dienone is 2. The Labute approximate surface area is 115 Å². The molecule has 0 spiro atoms. The summed E-state index contributed by atoms with van der Waals surface area (Å²) >= 11 is 0. The Bertz CT molecular complexity index is 261. The average molecular weight is 250 g/mol. The van der Waals surface area contributed by atoms with E-state index in [0.717, 1.165) is 29.6 Å². The molecule has 1 rings (SSSR count). The Hall–Kier alpha value is -0.260. The first-order valence-corrected chi connectivity index (χ1v) is 8.21. The van der Waals surface area contributed by atoms with Crippen molar-refractivity contribution < 1.29 is 0 Å². The van der Waals surface area contributed by atoms with E-state index in [1.807, 2.05) is 0 Å². The molecule has 0 aromatic heterocycles. The minimum absolute atomic E-state index is 0.779. The van der Waals surface area contributed by atoms with Crippen LogP contribution in [-0.4, -0.2) is 0 Å². The number of rotatable bonds is 3. The third kappa shape index (κ3) is 3.39. The van der Waals surface area contributed by atoms with Gasteiger partial charge >= 0.3 is 0 Å². The summed E-state index contributed by atoms with van der Waals surface area (Å²) in [4.78, 5) is 0. The first-order chi connectivity index (χ1) is 8.56. The molecule has 0 aromatic rings. The van der Waals surface area contributed by atoms with Crippen molar-refractivity contribution in [3.63, 3.8) is 0 Å². The molecule has 5 unspecified atom stereocenters. The first-order valence-electron chi connectivity index (χ1n) is 8.21. The largest absolute Gasteiger partial charge is 0.0882 e. The molecular weight excluding hydrogens is 216 g/mol. The van der Waals surface area contributed by atoms with Gasteiger partial charge in [0.25, 0.3) is 0 Å². The molecule has 0 nitrogen and oxygen atoms in total. The predicted molar refractivity (Wildman–Crippen MR) is 82.7 cm³/mol. The standard InChI is InChI=1S/C18H34/c1-7-10-17-12-11-16(8-2)14(5)13(4)15(6)18(17)9-3/h8,13-15,17-18H,7,9-12H2,1-6H3. The second-order valence-corrected chi connectivity index (χ2v) is 6.53. The highest BCUT2D eigenvalue weighted by atomic mass is 14.4. The summed E-state index contributed by atoms with van der Waals surface area (Å²) in [7, 11) is 0. The lowest BCUT2D eigenvalue weighted by Crippen LogP contribution is -2.32. The smallest absolute Gasteiger partial charge is 0.0203 e. The first kappa shape index (κ1) is 15.8. The molecule has 1 saturated carbocycles. The van der Waals surface area contributed by atoms with Gasteiger partial charge in [-0.1, -0.05) is 65.5 Å². The summed E-state index contributed by atoms with van der Waals surface area (Å²) in [6.07, 6.45) is 9.31. The van der Waals surface area contributed by atoms with E-state index in [-0.39, 0.29) is 0 Å². The monoisotopic (exact) mass is 250 g/mol. The third-order valence-electron chi connectivity index (χ3n) is 5.79. The lowest BCUT2D eigenvalue weighted by Gasteiger charge is -2.40. The zero-order valence-corrected chi connectivity index (χ0v) is 13.5. The summed E-state index contributed by atoms with van der Waals surface area (Å²) in [6.45, 7) is 14.4. The molecule has 0 aliphatic heterocycles. The van der Waals surface area contributed by atoms with Crippen LogP contribution in [0, 0.1) is 29.6 Å². The Balaban J connectivity index is 2.93. The van der Waals surface area contributed by atoms with Crippen molar-refractivity contribution >= 4 is 0 Å². The normalized spacial score (nSPS) is 40.6. The van der Waals surface area contributed by atoms with Gasteiger partial charge in [0.2, 0.25) is 0 Å². The van der Waals surface area contributed by atoms with Crippen LogP contribution in [-0.2, 0) is 0 Å². The molecule has 1 aliphatic rings. The molecule has 0 radical (unpaired) electrons. The molecule has 0 saturated heterocycles. The molecule has 0 bridgehead atoms. The van der Waals surface area contributed by atoms with E-state index in [1.165, 1.54) is 32.1 Å². The Kier molecular flexibility index (Phi) is 6.46. The molecule has 1 fully saturated rings. The fourth-order valence-electron chi connectivity index (χ4n) is 4.25. The summed E-state index contributed by atoms with van der Waals surface area (Å²) in [6, 6.07) is 0. The molecule has 0 amide bonds. The Morgan fingerprint density at radius 2 is 1.78 bits per heavy atom. The van der Waals surface area contributed by atoms with Gasteiger partial charge in [-0.2, -0.15) is 0 Å². The van der Waals surface area contributed by atoms with Gasteiger partial charge in [-0.25, -0.2) is 0 Å². The summed E-state index contributed by atoms with van der Waals surface area (Å²) in [5, 5.41) is 0. The fourth-order valence-corrected chi connectivity index (χ4v) is 4.25. The van der Waals surface area contributed by atoms with Crippen molar-refractivity contribution in [2.24, 2.45) is 29.6 Å². The van der Waals surface area contributed by atoms with Crippen molar-refractivity contribution in [1.29, 1.82) is 0 Å². The lowest BCUT2D eigenvalue weighted by atomic mass is 9.65. The summed E-state index contributed by atoms with van der Waals surface area (Å²) < 4.78 is 0. The van der Waals surface area contributed by atoms with Gasteiger partial charge in [0.05, 0.1) is 0 Å². The van der Waals surface area contributed by atoms with E-state index in [0.29, 0.717) is 0 Å². The van der Waals surface area contributed by atoms with E-state index in [4.69, 9.17) is 0 Å². The van der Waals surface area contributed by atoms with Crippen LogP contribution in [0.15, 0.2) is 11.6 Å². The van der Waals surface area contributed by atoms with E-state index >= 15 is 0 Å². The maximum Gasteiger partial charge on any atom is -0.0203 e. The van der Waals surface area contributed by atoms with Crippen molar-refractivity contribution in [2.75, 3.05) is 0 Å². The highest BCUT2D eigenvalue weighted by Gasteiger charge is 2.33. The van der Waals surface area contributed by atoms with Crippen LogP contribution >= 0.6 is 0 Å². The molecule has 0 aromatic carbocycles. The minimum Gasteiger partial charge on any atom is -0.0882 e. The second kappa shape index (κ2) is 7.36. The topological polar surface area (TPSA) is 0 Å². The Morgan fingerprint density at radius 3 is 2.28 bits per heavy atom. The lowest BCUT2D eigenvalue weighted by molar-refractivity contribution is 0.125. The van der Waals surface area contributed by atoms with Crippen LogP contribution in [0.2, 0.25) is 0 Å². The SMILES string of the molecule is CC=C1CCC(CCC)C(CC)C(C)C(C)C1C. The Morgan fingerprint density at radius 1 is 1.11 bits per heavy atom. The van der Waals surface area contributed by atoms with Crippen molar-refractivity contribution in [1.82, 2.24) is 0 Å². The van der Waals surface area contributed by atoms with E-state index in [2.05, 4.69) is 47.6 Å². The number of hydrogen-bond donors (Lipinski definition) is 0. The second-order valence-electron chi connectivity index (χ2n) is 6.53. The van der Waals surface area contributed by atoms with Gasteiger partial charge in [-0.3, -0.25) is 0 Å². The minimum atomic E-state index is 0.779. The number of hydrogen-bond acceptors (Lipinski definition) is 0. The van der Waals surface area contributed by atoms with Crippen LogP contribution in [0.1, 0.15) is 73.6 Å².